The number of aliphatic hydroxyl groups excluding tert-OH is 1. The van der Waals surface area contributed by atoms with Crippen LogP contribution in [0, 0.1) is 46.8 Å². The van der Waals surface area contributed by atoms with Crippen molar-refractivity contribution in [1.82, 2.24) is 5.32 Å². The highest BCUT2D eigenvalue weighted by molar-refractivity contribution is 5.81. The van der Waals surface area contributed by atoms with Crippen molar-refractivity contribution in [1.29, 1.82) is 0 Å². The van der Waals surface area contributed by atoms with E-state index in [0.29, 0.717) is 30.9 Å². The van der Waals surface area contributed by atoms with Crippen LogP contribution in [0.25, 0.3) is 0 Å². The quantitative estimate of drug-likeness (QED) is 0.120. The number of rotatable bonds is 5. The first-order valence-electron chi connectivity index (χ1n) is 21.2. The lowest BCUT2D eigenvalue weighted by Crippen LogP contribution is -2.82. The topological polar surface area (TPSA) is 139 Å². The van der Waals surface area contributed by atoms with Gasteiger partial charge in [-0.25, -0.2) is 0 Å². The fraction of sp³-hybridized carbons (Fsp3) is 0.562. The average Bonchev–Trinajstić information content (AvgIpc) is 3.66. The highest BCUT2D eigenvalue weighted by Crippen LogP contribution is 2.76. The number of benzene rings is 3. The number of carbonyl (C=O) groups excluding carboxylic acids is 1. The Balaban J connectivity index is 1.18. The minimum atomic E-state index is -1.34. The number of nitrogens with one attached hydrogen (secondary N) is 1. The molecule has 10 rings (SSSR count). The molecule has 3 aromatic rings. The smallest absolute Gasteiger partial charge is 0.160 e. The van der Waals surface area contributed by atoms with Crippen LogP contribution in [0.15, 0.2) is 54.6 Å². The summed E-state index contributed by atoms with van der Waals surface area (Å²) in [5.41, 5.74) is 2.50. The fourth-order valence-electron chi connectivity index (χ4n) is 14.7. The van der Waals surface area contributed by atoms with E-state index in [-0.39, 0.29) is 88.8 Å². The zero-order valence-corrected chi connectivity index (χ0v) is 32.4. The second-order valence-electron chi connectivity index (χ2n) is 18.9. The van der Waals surface area contributed by atoms with Crippen molar-refractivity contribution < 1.29 is 35.1 Å². The molecule has 0 amide bonds. The van der Waals surface area contributed by atoms with E-state index in [9.17, 15) is 30.3 Å². The van der Waals surface area contributed by atoms with E-state index in [4.69, 9.17) is 4.74 Å². The third-order valence-electron chi connectivity index (χ3n) is 16.7. The number of phenolic OH excluding ortho intramolecular Hbond substituents is 3. The molecule has 8 heteroatoms. The van der Waals surface area contributed by atoms with Gasteiger partial charge in [-0.05, 0) is 133 Å². The molecule has 294 valence electrons. The summed E-state index contributed by atoms with van der Waals surface area (Å²) in [4.78, 5) is 14.9. The van der Waals surface area contributed by atoms with Crippen molar-refractivity contribution in [2.75, 3.05) is 13.7 Å². The predicted octanol–water partition coefficient (Wildman–Crippen LogP) is 7.13. The molecule has 56 heavy (non-hydrogen) atoms. The number of ketones is 1. The second kappa shape index (κ2) is 13.0. The summed E-state index contributed by atoms with van der Waals surface area (Å²) in [5.74, 6) is 7.18. The standard InChI is InChI=1S/C48H55NO7/c1-56-43-21-35(32(27-50)18-42(43)54)34-19-33(51)25-46(55)15-16-47-14-11-30-24-45(12-5-6-13-45)38-22-37(30)48(47,39-23-41(53)40(52)20-36(38)39)44(46)31(26-49-47)10-9-29(34)17-28-7-3-2-4-8-28/h2-4,7-8,18,20-21,23,29-31,34,37-38,44,49-50,52-55H,5-6,11-17,19,22,24-27H2,1H3/t29-,30-,31-,34+,37+,38+,44+,46+,47-,48-/m1/s1. The van der Waals surface area contributed by atoms with Gasteiger partial charge in [0.05, 0.1) is 19.3 Å². The Morgan fingerprint density at radius 3 is 2.46 bits per heavy atom. The molecule has 4 bridgehead atoms. The molecule has 1 aliphatic heterocycles. The van der Waals surface area contributed by atoms with Gasteiger partial charge in [-0.2, -0.15) is 0 Å². The monoisotopic (exact) mass is 757 g/mol. The first-order chi connectivity index (χ1) is 27.0. The molecule has 0 aromatic heterocycles. The molecule has 10 atom stereocenters. The van der Waals surface area contributed by atoms with Gasteiger partial charge in [0.25, 0.3) is 0 Å². The van der Waals surface area contributed by atoms with Gasteiger partial charge >= 0.3 is 0 Å². The number of phenols is 3. The van der Waals surface area contributed by atoms with Gasteiger partial charge in [-0.1, -0.05) is 55.0 Å². The highest BCUT2D eigenvalue weighted by atomic mass is 16.5. The molecular formula is C48H55NO7. The molecule has 5 fully saturated rings. The molecule has 0 radical (unpaired) electrons. The minimum Gasteiger partial charge on any atom is -0.504 e. The SMILES string of the molecule is COc1cc([C@H]2CC(=O)C[C@@]3(O)CC[C@]45CC[C@@H]6CC7(CCCC7)[C@H]7C[C@@H]6[C@@]4(c4cc(O)c(O)cc47)[C@H]3[C@H](C#C[C@@H]2Cc2ccccc2)CN5)c(CO)cc1O. The van der Waals surface area contributed by atoms with E-state index < -0.39 is 16.9 Å². The summed E-state index contributed by atoms with van der Waals surface area (Å²) in [6, 6.07) is 17.2. The van der Waals surface area contributed by atoms with Crippen LogP contribution in [-0.2, 0) is 23.2 Å². The van der Waals surface area contributed by atoms with E-state index in [0.717, 1.165) is 54.4 Å². The predicted molar refractivity (Wildman–Crippen MR) is 211 cm³/mol. The van der Waals surface area contributed by atoms with Crippen LogP contribution in [0.1, 0.15) is 117 Å². The van der Waals surface area contributed by atoms with Gasteiger partial charge in [0.1, 0.15) is 5.78 Å². The lowest BCUT2D eigenvalue weighted by molar-refractivity contribution is -0.215. The van der Waals surface area contributed by atoms with E-state index in [1.54, 1.807) is 6.07 Å². The largest absolute Gasteiger partial charge is 0.504 e. The Kier molecular flexibility index (Phi) is 8.43. The summed E-state index contributed by atoms with van der Waals surface area (Å²) in [5, 5.41) is 61.4. The molecule has 2 spiro atoms. The lowest BCUT2D eigenvalue weighted by atomic mass is 9.31. The number of ether oxygens (including phenoxy) is 1. The number of aliphatic hydroxyl groups is 2. The number of fused-ring (bicyclic) bond motifs is 4. The van der Waals surface area contributed by atoms with Crippen LogP contribution >= 0.6 is 0 Å². The Bertz CT molecular complexity index is 2130. The van der Waals surface area contributed by atoms with E-state index in [2.05, 4.69) is 29.3 Å². The second-order valence-corrected chi connectivity index (χ2v) is 18.9. The summed E-state index contributed by atoms with van der Waals surface area (Å²) in [6.45, 7) is 0.274. The maximum atomic E-state index is 14.9. The van der Waals surface area contributed by atoms with Gasteiger partial charge in [-0.3, -0.25) is 4.79 Å². The minimum absolute atomic E-state index is 0.00391. The molecule has 3 aromatic carbocycles. The molecule has 0 unspecified atom stereocenters. The van der Waals surface area contributed by atoms with Crippen molar-refractivity contribution in [3.05, 3.63) is 82.4 Å². The lowest BCUT2D eigenvalue weighted by Gasteiger charge is -2.76. The summed E-state index contributed by atoms with van der Waals surface area (Å²) in [7, 11) is 1.49. The van der Waals surface area contributed by atoms with Gasteiger partial charge in [0.15, 0.2) is 23.0 Å². The Morgan fingerprint density at radius 1 is 0.911 bits per heavy atom. The Hall–Kier alpha value is -4.03. The average molecular weight is 758 g/mol. The van der Waals surface area contributed by atoms with Crippen molar-refractivity contribution in [3.8, 4) is 34.8 Å². The zero-order chi connectivity index (χ0) is 38.6. The molecule has 8 nitrogen and oxygen atoms in total. The molecular weight excluding hydrogens is 703 g/mol. The van der Waals surface area contributed by atoms with Crippen LogP contribution in [0.2, 0.25) is 0 Å². The van der Waals surface area contributed by atoms with Crippen molar-refractivity contribution in [2.24, 2.45) is 35.0 Å². The first kappa shape index (κ1) is 36.3. The maximum absolute atomic E-state index is 14.9. The first-order valence-corrected chi connectivity index (χ1v) is 21.2. The third kappa shape index (κ3) is 5.05. The molecule has 1 heterocycles. The Morgan fingerprint density at radius 2 is 1.70 bits per heavy atom. The number of methoxy groups -OCH3 is 1. The number of aromatic hydroxyl groups is 3. The van der Waals surface area contributed by atoms with Gasteiger partial charge in [-0.15, -0.1) is 0 Å². The van der Waals surface area contributed by atoms with Crippen LogP contribution < -0.4 is 10.1 Å². The maximum Gasteiger partial charge on any atom is 0.160 e. The molecule has 7 aliphatic rings. The number of hydrogen-bond donors (Lipinski definition) is 6. The summed E-state index contributed by atoms with van der Waals surface area (Å²) in [6.07, 6.45) is 11.0. The third-order valence-corrected chi connectivity index (χ3v) is 16.7. The highest BCUT2D eigenvalue weighted by Gasteiger charge is 2.76. The van der Waals surface area contributed by atoms with Gasteiger partial charge < -0.3 is 35.6 Å². The van der Waals surface area contributed by atoms with E-state index in [1.807, 2.05) is 30.3 Å². The van der Waals surface area contributed by atoms with E-state index >= 15 is 0 Å². The van der Waals surface area contributed by atoms with Crippen LogP contribution in [0.4, 0.5) is 0 Å². The number of piperidine rings is 1. The van der Waals surface area contributed by atoms with E-state index in [1.165, 1.54) is 38.9 Å². The van der Waals surface area contributed by atoms with Crippen molar-refractivity contribution in [3.63, 3.8) is 0 Å². The summed E-state index contributed by atoms with van der Waals surface area (Å²) >= 11 is 0. The zero-order valence-electron chi connectivity index (χ0n) is 32.4. The van der Waals surface area contributed by atoms with Crippen LogP contribution in [-0.4, -0.2) is 56.1 Å². The normalized spacial score (nSPS) is 37.5. The summed E-state index contributed by atoms with van der Waals surface area (Å²) < 4.78 is 5.54. The van der Waals surface area contributed by atoms with Gasteiger partial charge in [0, 0.05) is 54.0 Å². The number of Topliss-reactive ketones (excluding diaryl/α,β-unsaturated/α-hetero) is 1. The van der Waals surface area contributed by atoms with Gasteiger partial charge in [0.2, 0.25) is 0 Å². The molecule has 6 aliphatic carbocycles. The molecule has 1 saturated heterocycles. The van der Waals surface area contributed by atoms with Crippen LogP contribution in [0.3, 0.4) is 0 Å². The molecule has 4 saturated carbocycles. The van der Waals surface area contributed by atoms with Crippen LogP contribution in [0.5, 0.6) is 23.0 Å². The Labute approximate surface area is 329 Å². The number of carbonyl (C=O) groups is 1. The fourth-order valence-corrected chi connectivity index (χ4v) is 14.7. The number of hydrogen-bond acceptors (Lipinski definition) is 8. The van der Waals surface area contributed by atoms with Crippen molar-refractivity contribution >= 4 is 5.78 Å². The van der Waals surface area contributed by atoms with Crippen molar-refractivity contribution in [2.45, 2.75) is 118 Å². The molecule has 6 N–H and O–H groups in total.